The Morgan fingerprint density at radius 2 is 1.96 bits per heavy atom. The van der Waals surface area contributed by atoms with E-state index in [4.69, 9.17) is 26.7 Å². The highest BCUT2D eigenvalue weighted by Crippen LogP contribution is 2.28. The minimum Gasteiger partial charge on any atom is -0.465 e. The molecule has 3 rings (SSSR count). The van der Waals surface area contributed by atoms with E-state index in [1.54, 1.807) is 29.3 Å². The number of benzene rings is 1. The molecule has 0 unspecified atom stereocenters. The molecule has 1 aromatic heterocycles. The van der Waals surface area contributed by atoms with Crippen LogP contribution < -0.4 is 5.84 Å². The molecule has 0 bridgehead atoms. The van der Waals surface area contributed by atoms with E-state index in [-0.39, 0.29) is 0 Å². The summed E-state index contributed by atoms with van der Waals surface area (Å²) in [5.74, 6) is 5.80. The number of carbonyl (C=O) groups is 1. The Bertz CT molecular complexity index is 709. The van der Waals surface area contributed by atoms with Crippen LogP contribution in [-0.4, -0.2) is 54.3 Å². The summed E-state index contributed by atoms with van der Waals surface area (Å²) in [5.41, 5.74) is 1.57. The van der Waals surface area contributed by atoms with Crippen LogP contribution in [0.25, 0.3) is 11.3 Å². The van der Waals surface area contributed by atoms with Gasteiger partial charge in [-0.1, -0.05) is 28.9 Å². The molecule has 128 valence electrons. The molecular formula is C16H19ClN4O3. The molecule has 1 saturated heterocycles. The Hall–Kier alpha value is -1.93. The fraction of sp³-hybridized carbons (Fsp3) is 0.375. The Balaban J connectivity index is 1.89. The van der Waals surface area contributed by atoms with Crippen molar-refractivity contribution >= 4 is 17.6 Å². The molecule has 0 aliphatic carbocycles. The minimum absolute atomic E-state index is 0.356. The number of halogens is 1. The maximum Gasteiger partial charge on any atom is 0.343 e. The Morgan fingerprint density at radius 3 is 2.58 bits per heavy atom. The number of methoxy groups -OCH3 is 1. The van der Waals surface area contributed by atoms with Gasteiger partial charge in [0, 0.05) is 36.8 Å². The van der Waals surface area contributed by atoms with Crippen LogP contribution in [0.15, 0.2) is 28.8 Å². The molecule has 2 N–H and O–H groups in total. The zero-order valence-electron chi connectivity index (χ0n) is 13.4. The van der Waals surface area contributed by atoms with Gasteiger partial charge in [0.05, 0.1) is 13.7 Å². The van der Waals surface area contributed by atoms with Crippen LogP contribution in [0.3, 0.4) is 0 Å². The summed E-state index contributed by atoms with van der Waals surface area (Å²) in [6.45, 7) is 3.62. The second-order valence-corrected chi connectivity index (χ2v) is 6.08. The van der Waals surface area contributed by atoms with Crippen molar-refractivity contribution in [3.8, 4) is 11.3 Å². The van der Waals surface area contributed by atoms with Crippen molar-refractivity contribution in [3.63, 3.8) is 0 Å². The van der Waals surface area contributed by atoms with Gasteiger partial charge in [-0.2, -0.15) is 0 Å². The molecule has 0 amide bonds. The molecule has 0 spiro atoms. The van der Waals surface area contributed by atoms with E-state index < -0.39 is 5.97 Å². The number of hydrogen-bond donors (Lipinski definition) is 1. The van der Waals surface area contributed by atoms with Gasteiger partial charge in [-0.25, -0.2) is 9.80 Å². The van der Waals surface area contributed by atoms with Crippen LogP contribution in [0.5, 0.6) is 0 Å². The van der Waals surface area contributed by atoms with Crippen LogP contribution in [0.2, 0.25) is 5.02 Å². The maximum absolute atomic E-state index is 12.3. The van der Waals surface area contributed by atoms with Gasteiger partial charge in [0.15, 0.2) is 5.76 Å². The lowest BCUT2D eigenvalue weighted by Crippen LogP contribution is -2.48. The first kappa shape index (κ1) is 16.9. The van der Waals surface area contributed by atoms with E-state index in [1.165, 1.54) is 7.11 Å². The topological polar surface area (TPSA) is 84.8 Å². The third-order valence-electron chi connectivity index (χ3n) is 4.04. The van der Waals surface area contributed by atoms with Crippen LogP contribution >= 0.6 is 11.6 Å². The molecule has 1 aromatic carbocycles. The summed E-state index contributed by atoms with van der Waals surface area (Å²) >= 11 is 5.92. The summed E-state index contributed by atoms with van der Waals surface area (Å²) in [4.78, 5) is 14.4. The van der Waals surface area contributed by atoms with Crippen LogP contribution in [0.1, 0.15) is 16.1 Å². The van der Waals surface area contributed by atoms with Gasteiger partial charge in [0.2, 0.25) is 0 Å². The number of rotatable bonds is 4. The zero-order chi connectivity index (χ0) is 17.1. The first-order valence-corrected chi connectivity index (χ1v) is 8.01. The summed E-state index contributed by atoms with van der Waals surface area (Å²) in [6.07, 6.45) is 0. The minimum atomic E-state index is -0.464. The molecular weight excluding hydrogens is 332 g/mol. The SMILES string of the molecule is COC(=O)c1c(-c2ccc(Cl)cc2)noc1CN1CCN(N)CC1. The van der Waals surface area contributed by atoms with Gasteiger partial charge < -0.3 is 9.26 Å². The first-order chi connectivity index (χ1) is 11.6. The van der Waals surface area contributed by atoms with E-state index >= 15 is 0 Å². The Labute approximate surface area is 144 Å². The lowest BCUT2D eigenvalue weighted by Gasteiger charge is -2.31. The molecule has 8 heteroatoms. The molecule has 2 aromatic rings. The Kier molecular flexibility index (Phi) is 5.15. The van der Waals surface area contributed by atoms with Crippen molar-refractivity contribution in [3.05, 3.63) is 40.6 Å². The van der Waals surface area contributed by atoms with Crippen molar-refractivity contribution in [2.75, 3.05) is 33.3 Å². The average Bonchev–Trinajstić information content (AvgIpc) is 3.00. The highest BCUT2D eigenvalue weighted by atomic mass is 35.5. The van der Waals surface area contributed by atoms with Gasteiger partial charge in [-0.05, 0) is 12.1 Å². The van der Waals surface area contributed by atoms with E-state index in [1.807, 2.05) is 0 Å². The predicted molar refractivity (Wildman–Crippen MR) is 89.3 cm³/mol. The van der Waals surface area contributed by atoms with Crippen LogP contribution in [0.4, 0.5) is 0 Å². The number of aromatic nitrogens is 1. The number of hydrazine groups is 1. The molecule has 0 atom stereocenters. The number of hydrogen-bond acceptors (Lipinski definition) is 7. The van der Waals surface area contributed by atoms with Crippen LogP contribution in [0, 0.1) is 0 Å². The van der Waals surface area contributed by atoms with Crippen molar-refractivity contribution < 1.29 is 14.1 Å². The zero-order valence-corrected chi connectivity index (χ0v) is 14.1. The monoisotopic (exact) mass is 350 g/mol. The molecule has 7 nitrogen and oxygen atoms in total. The van der Waals surface area contributed by atoms with Gasteiger partial charge in [-0.15, -0.1) is 0 Å². The molecule has 24 heavy (non-hydrogen) atoms. The highest BCUT2D eigenvalue weighted by Gasteiger charge is 2.27. The van der Waals surface area contributed by atoms with Gasteiger partial charge in [0.1, 0.15) is 11.3 Å². The summed E-state index contributed by atoms with van der Waals surface area (Å²) in [6, 6.07) is 7.08. The first-order valence-electron chi connectivity index (χ1n) is 7.63. The van der Waals surface area contributed by atoms with E-state index in [2.05, 4.69) is 10.1 Å². The summed E-state index contributed by atoms with van der Waals surface area (Å²) in [7, 11) is 1.35. The number of nitrogens with two attached hydrogens (primary N) is 1. The normalized spacial score (nSPS) is 16.3. The van der Waals surface area contributed by atoms with Crippen LogP contribution in [-0.2, 0) is 11.3 Å². The van der Waals surface area contributed by atoms with Crippen molar-refractivity contribution in [1.82, 2.24) is 15.1 Å². The quantitative estimate of drug-likeness (QED) is 0.664. The largest absolute Gasteiger partial charge is 0.465 e. The third-order valence-corrected chi connectivity index (χ3v) is 4.30. The summed E-state index contributed by atoms with van der Waals surface area (Å²) in [5, 5.41) is 6.47. The molecule has 2 heterocycles. The van der Waals surface area contributed by atoms with E-state index in [0.29, 0.717) is 28.6 Å². The Morgan fingerprint density at radius 1 is 1.29 bits per heavy atom. The summed E-state index contributed by atoms with van der Waals surface area (Å²) < 4.78 is 10.4. The lowest BCUT2D eigenvalue weighted by atomic mass is 10.1. The molecule has 0 radical (unpaired) electrons. The predicted octanol–water partition coefficient (Wildman–Crippen LogP) is 1.77. The highest BCUT2D eigenvalue weighted by molar-refractivity contribution is 6.30. The fourth-order valence-electron chi connectivity index (χ4n) is 2.67. The van der Waals surface area contributed by atoms with Crippen molar-refractivity contribution in [1.29, 1.82) is 0 Å². The number of esters is 1. The molecule has 1 aliphatic rings. The van der Waals surface area contributed by atoms with Crippen molar-refractivity contribution in [2.45, 2.75) is 6.54 Å². The number of carbonyl (C=O) groups excluding carboxylic acids is 1. The third kappa shape index (κ3) is 3.59. The van der Waals surface area contributed by atoms with Gasteiger partial charge in [-0.3, -0.25) is 10.7 Å². The number of piperazine rings is 1. The standard InChI is InChI=1S/C16H19ClN4O3/c1-23-16(22)14-13(10-20-6-8-21(18)9-7-20)24-19-15(14)11-2-4-12(17)5-3-11/h2-5H,6-10,18H2,1H3. The molecule has 1 aliphatic heterocycles. The van der Waals surface area contributed by atoms with Crippen molar-refractivity contribution in [2.24, 2.45) is 5.84 Å². The second kappa shape index (κ2) is 7.31. The second-order valence-electron chi connectivity index (χ2n) is 5.64. The lowest BCUT2D eigenvalue weighted by molar-refractivity contribution is 0.0594. The van der Waals surface area contributed by atoms with E-state index in [0.717, 1.165) is 31.7 Å². The molecule has 1 fully saturated rings. The average molecular weight is 351 g/mol. The smallest absolute Gasteiger partial charge is 0.343 e. The fourth-order valence-corrected chi connectivity index (χ4v) is 2.80. The number of ether oxygens (including phenoxy) is 1. The van der Waals surface area contributed by atoms with Gasteiger partial charge in [0.25, 0.3) is 0 Å². The van der Waals surface area contributed by atoms with Gasteiger partial charge >= 0.3 is 5.97 Å². The molecule has 0 saturated carbocycles. The maximum atomic E-state index is 12.3. The number of nitrogens with zero attached hydrogens (tertiary/aromatic N) is 3. The van der Waals surface area contributed by atoms with E-state index in [9.17, 15) is 4.79 Å².